The van der Waals surface area contributed by atoms with Gasteiger partial charge in [0.25, 0.3) is 0 Å². The maximum Gasteiger partial charge on any atom is 0.329 e. The topological polar surface area (TPSA) is 72.9 Å². The molecular weight excluding hydrogens is 270 g/mol. The largest absolute Gasteiger partial charge is 0.480 e. The molecule has 3 fully saturated rings. The minimum absolute atomic E-state index is 0.181. The Labute approximate surface area is 125 Å². The Balaban J connectivity index is 1.68. The molecular formula is C15H25N3O3. The van der Waals surface area contributed by atoms with Crippen LogP contribution in [-0.4, -0.2) is 64.2 Å². The van der Waals surface area contributed by atoms with E-state index in [1.54, 1.807) is 6.92 Å². The van der Waals surface area contributed by atoms with Gasteiger partial charge in [0.05, 0.1) is 0 Å². The van der Waals surface area contributed by atoms with Crippen LogP contribution < -0.4 is 5.32 Å². The first-order valence-corrected chi connectivity index (χ1v) is 8.08. The van der Waals surface area contributed by atoms with Crippen LogP contribution in [0.2, 0.25) is 0 Å². The lowest BCUT2D eigenvalue weighted by molar-refractivity contribution is -0.150. The third-order valence-electron chi connectivity index (χ3n) is 5.51. The molecule has 2 N–H and O–H groups in total. The van der Waals surface area contributed by atoms with Gasteiger partial charge in [0.15, 0.2) is 0 Å². The summed E-state index contributed by atoms with van der Waals surface area (Å²) in [5, 5.41) is 12.6. The molecule has 118 valence electrons. The van der Waals surface area contributed by atoms with Crippen molar-refractivity contribution < 1.29 is 14.7 Å². The number of nitrogens with one attached hydrogen (secondary N) is 1. The monoisotopic (exact) mass is 295 g/mol. The number of piperidine rings is 1. The number of carbonyl (C=O) groups is 2. The molecule has 0 aromatic heterocycles. The van der Waals surface area contributed by atoms with Crippen molar-refractivity contribution in [3.8, 4) is 0 Å². The van der Waals surface area contributed by atoms with Crippen molar-refractivity contribution >= 4 is 12.0 Å². The summed E-state index contributed by atoms with van der Waals surface area (Å²) >= 11 is 0. The summed E-state index contributed by atoms with van der Waals surface area (Å²) in [4.78, 5) is 28.2. The number of carboxylic acids is 1. The SMILES string of the molecule is CC1(C(=O)O)CCCCN1C(=O)NC1CCN2CCCC12. The molecule has 0 aliphatic carbocycles. The predicted octanol–water partition coefficient (Wildman–Crippen LogP) is 1.26. The molecule has 3 unspecified atom stereocenters. The highest BCUT2D eigenvalue weighted by molar-refractivity contribution is 5.86. The molecule has 21 heavy (non-hydrogen) atoms. The average molecular weight is 295 g/mol. The van der Waals surface area contributed by atoms with E-state index in [9.17, 15) is 14.7 Å². The zero-order chi connectivity index (χ0) is 15.0. The molecule has 0 radical (unpaired) electrons. The predicted molar refractivity (Wildman–Crippen MR) is 78.1 cm³/mol. The van der Waals surface area contributed by atoms with Gasteiger partial charge in [-0.15, -0.1) is 0 Å². The summed E-state index contributed by atoms with van der Waals surface area (Å²) < 4.78 is 0. The van der Waals surface area contributed by atoms with Gasteiger partial charge < -0.3 is 15.3 Å². The number of rotatable bonds is 2. The van der Waals surface area contributed by atoms with E-state index in [1.807, 2.05) is 0 Å². The maximum absolute atomic E-state index is 12.6. The molecule has 0 aromatic rings. The molecule has 0 saturated carbocycles. The van der Waals surface area contributed by atoms with Gasteiger partial charge in [0.1, 0.15) is 5.54 Å². The van der Waals surface area contributed by atoms with Gasteiger partial charge >= 0.3 is 12.0 Å². The van der Waals surface area contributed by atoms with Gasteiger partial charge in [-0.25, -0.2) is 9.59 Å². The Morgan fingerprint density at radius 2 is 1.95 bits per heavy atom. The van der Waals surface area contributed by atoms with Crippen LogP contribution in [-0.2, 0) is 4.79 Å². The summed E-state index contributed by atoms with van der Waals surface area (Å²) in [6.45, 7) is 4.39. The van der Waals surface area contributed by atoms with Gasteiger partial charge in [-0.05, 0) is 52.0 Å². The standard InChI is InChI=1S/C15H25N3O3/c1-15(13(19)20)7-2-3-9-18(15)14(21)16-11-6-10-17-8-4-5-12(11)17/h11-12H,2-10H2,1H3,(H,16,21)(H,19,20). The summed E-state index contributed by atoms with van der Waals surface area (Å²) in [7, 11) is 0. The van der Waals surface area contributed by atoms with Crippen molar-refractivity contribution in [3.05, 3.63) is 0 Å². The second-order valence-corrected chi connectivity index (χ2v) is 6.78. The fraction of sp³-hybridized carbons (Fsp3) is 0.867. The molecule has 6 heteroatoms. The van der Waals surface area contributed by atoms with Gasteiger partial charge in [-0.2, -0.15) is 0 Å². The smallest absolute Gasteiger partial charge is 0.329 e. The minimum Gasteiger partial charge on any atom is -0.480 e. The van der Waals surface area contributed by atoms with Crippen molar-refractivity contribution in [1.82, 2.24) is 15.1 Å². The summed E-state index contributed by atoms with van der Waals surface area (Å²) in [5.74, 6) is -0.897. The molecule has 3 aliphatic heterocycles. The summed E-state index contributed by atoms with van der Waals surface area (Å²) in [6, 6.07) is 0.438. The number of nitrogens with zero attached hydrogens (tertiary/aromatic N) is 2. The lowest BCUT2D eigenvalue weighted by Gasteiger charge is -2.42. The second kappa shape index (κ2) is 5.48. The van der Waals surface area contributed by atoms with E-state index in [1.165, 1.54) is 11.3 Å². The second-order valence-electron chi connectivity index (χ2n) is 6.78. The Morgan fingerprint density at radius 3 is 2.71 bits per heavy atom. The Bertz CT molecular complexity index is 442. The van der Waals surface area contributed by atoms with Gasteiger partial charge in [-0.3, -0.25) is 4.90 Å². The lowest BCUT2D eigenvalue weighted by Crippen LogP contribution is -2.61. The normalized spacial score (nSPS) is 36.5. The zero-order valence-electron chi connectivity index (χ0n) is 12.7. The average Bonchev–Trinajstić information content (AvgIpc) is 3.04. The first kappa shape index (κ1) is 14.6. The van der Waals surface area contributed by atoms with Crippen LogP contribution in [0.5, 0.6) is 0 Å². The fourth-order valence-electron chi connectivity index (χ4n) is 4.16. The summed E-state index contributed by atoms with van der Waals surface area (Å²) in [5.41, 5.74) is -1.06. The molecule has 3 saturated heterocycles. The number of carbonyl (C=O) groups excluding carboxylic acids is 1. The highest BCUT2D eigenvalue weighted by Gasteiger charge is 2.45. The van der Waals surface area contributed by atoms with Crippen molar-refractivity contribution in [2.24, 2.45) is 0 Å². The van der Waals surface area contributed by atoms with E-state index in [0.29, 0.717) is 19.0 Å². The van der Waals surface area contributed by atoms with Crippen LogP contribution in [0.3, 0.4) is 0 Å². The van der Waals surface area contributed by atoms with Gasteiger partial charge in [0, 0.05) is 25.2 Å². The number of hydrogen-bond donors (Lipinski definition) is 2. The minimum atomic E-state index is -1.06. The number of carboxylic acid groups (broad SMARTS) is 1. The van der Waals surface area contributed by atoms with Gasteiger partial charge in [-0.1, -0.05) is 0 Å². The number of hydrogen-bond acceptors (Lipinski definition) is 3. The van der Waals surface area contributed by atoms with Crippen molar-refractivity contribution in [2.75, 3.05) is 19.6 Å². The molecule has 3 rings (SSSR count). The van der Waals surface area contributed by atoms with Crippen LogP contribution >= 0.6 is 0 Å². The lowest BCUT2D eigenvalue weighted by atomic mass is 9.89. The first-order valence-electron chi connectivity index (χ1n) is 8.08. The number of likely N-dealkylation sites (tertiary alicyclic amines) is 1. The number of fused-ring (bicyclic) bond motifs is 1. The van der Waals surface area contributed by atoms with E-state index in [-0.39, 0.29) is 12.1 Å². The van der Waals surface area contributed by atoms with Gasteiger partial charge in [0.2, 0.25) is 0 Å². The fourth-order valence-corrected chi connectivity index (χ4v) is 4.16. The van der Waals surface area contributed by atoms with E-state index >= 15 is 0 Å². The highest BCUT2D eigenvalue weighted by atomic mass is 16.4. The Kier molecular flexibility index (Phi) is 3.82. The molecule has 3 aliphatic rings. The Hall–Kier alpha value is -1.30. The molecule has 0 bridgehead atoms. The third-order valence-corrected chi connectivity index (χ3v) is 5.51. The van der Waals surface area contributed by atoms with Crippen LogP contribution in [0.1, 0.15) is 45.4 Å². The quantitative estimate of drug-likeness (QED) is 0.804. The Morgan fingerprint density at radius 1 is 1.14 bits per heavy atom. The van der Waals surface area contributed by atoms with Crippen LogP contribution in [0.15, 0.2) is 0 Å². The number of aliphatic carboxylic acids is 1. The number of amides is 2. The number of urea groups is 1. The molecule has 2 amide bonds. The van der Waals surface area contributed by atoms with E-state index < -0.39 is 11.5 Å². The zero-order valence-corrected chi connectivity index (χ0v) is 12.7. The third kappa shape index (κ3) is 2.50. The molecule has 3 heterocycles. The van der Waals surface area contributed by atoms with Crippen molar-refractivity contribution in [1.29, 1.82) is 0 Å². The summed E-state index contributed by atoms with van der Waals surface area (Å²) in [6.07, 6.45) is 5.61. The van der Waals surface area contributed by atoms with Crippen LogP contribution in [0.25, 0.3) is 0 Å². The van der Waals surface area contributed by atoms with E-state index in [4.69, 9.17) is 0 Å². The van der Waals surface area contributed by atoms with Crippen LogP contribution in [0.4, 0.5) is 4.79 Å². The molecule has 0 spiro atoms. The molecule has 6 nitrogen and oxygen atoms in total. The van der Waals surface area contributed by atoms with Crippen molar-refractivity contribution in [2.45, 2.75) is 63.1 Å². The van der Waals surface area contributed by atoms with Crippen molar-refractivity contribution in [3.63, 3.8) is 0 Å². The molecule has 0 aromatic carbocycles. The van der Waals surface area contributed by atoms with Crippen LogP contribution in [0, 0.1) is 0 Å². The van der Waals surface area contributed by atoms with E-state index in [0.717, 1.165) is 38.8 Å². The molecule has 3 atom stereocenters. The highest BCUT2D eigenvalue weighted by Crippen LogP contribution is 2.31. The first-order chi connectivity index (χ1) is 10.0. The maximum atomic E-state index is 12.6. The van der Waals surface area contributed by atoms with E-state index in [2.05, 4.69) is 10.2 Å².